The molecule has 1 amide bonds. The van der Waals surface area contributed by atoms with Gasteiger partial charge in [-0.05, 0) is 30.3 Å². The largest absolute Gasteiger partial charge is 0.493 e. The monoisotopic (exact) mass is 443 g/mol. The van der Waals surface area contributed by atoms with E-state index in [1.807, 2.05) is 12.1 Å². The Morgan fingerprint density at radius 2 is 1.94 bits per heavy atom. The third-order valence-corrected chi connectivity index (χ3v) is 5.96. The minimum atomic E-state index is -2.59. The number of nitrogens with one attached hydrogen (secondary N) is 1. The van der Waals surface area contributed by atoms with Gasteiger partial charge in [0.2, 0.25) is 5.91 Å². The van der Waals surface area contributed by atoms with E-state index in [1.165, 1.54) is 5.56 Å². The van der Waals surface area contributed by atoms with Gasteiger partial charge in [-0.3, -0.25) is 9.69 Å². The molecule has 2 atom stereocenters. The lowest BCUT2D eigenvalue weighted by Crippen LogP contribution is -2.33. The van der Waals surface area contributed by atoms with Crippen molar-refractivity contribution in [3.8, 4) is 5.75 Å². The molecule has 1 N–H and O–H groups in total. The fourth-order valence-corrected chi connectivity index (χ4v) is 4.22. The molecule has 0 bridgehead atoms. The van der Waals surface area contributed by atoms with E-state index >= 15 is 0 Å². The van der Waals surface area contributed by atoms with E-state index in [0.29, 0.717) is 18.6 Å². The molecular formula is C23H29N3O4S. The quantitative estimate of drug-likeness (QED) is 0.639. The number of rotatable bonds is 9. The number of benzene rings is 2. The summed E-state index contributed by atoms with van der Waals surface area (Å²) in [5.74, 6) is 0.555. The molecule has 1 aliphatic rings. The van der Waals surface area contributed by atoms with Gasteiger partial charge in [0.15, 0.2) is 0 Å². The first-order valence-corrected chi connectivity index (χ1v) is 11.7. The second-order valence-corrected chi connectivity index (χ2v) is 8.19. The highest BCUT2D eigenvalue weighted by Gasteiger charge is 2.25. The summed E-state index contributed by atoms with van der Waals surface area (Å²) in [5, 5.41) is 3.04. The SMILES string of the molecule is CCN(CC)Cc1ccc2c(c1)OCCC2NC(=O)CC(N=S(=O)=O)c1ccccc1. The number of fused-ring (bicyclic) bond motifs is 1. The summed E-state index contributed by atoms with van der Waals surface area (Å²) in [6.07, 6.45) is 0.624. The fraction of sp³-hybridized carbons (Fsp3) is 0.435. The van der Waals surface area contributed by atoms with Gasteiger partial charge < -0.3 is 10.1 Å². The van der Waals surface area contributed by atoms with Crippen LogP contribution in [0.25, 0.3) is 0 Å². The Labute approximate surface area is 185 Å². The molecule has 1 heterocycles. The molecule has 7 nitrogen and oxygen atoms in total. The van der Waals surface area contributed by atoms with E-state index in [9.17, 15) is 13.2 Å². The molecule has 2 unspecified atom stereocenters. The molecule has 8 heteroatoms. The van der Waals surface area contributed by atoms with E-state index in [4.69, 9.17) is 4.74 Å². The van der Waals surface area contributed by atoms with Crippen LogP contribution >= 0.6 is 0 Å². The van der Waals surface area contributed by atoms with Crippen molar-refractivity contribution in [1.82, 2.24) is 10.2 Å². The maximum Gasteiger partial charge on any atom is 0.311 e. The summed E-state index contributed by atoms with van der Waals surface area (Å²) in [7, 11) is -2.59. The first kappa shape index (κ1) is 23.0. The Morgan fingerprint density at radius 1 is 1.19 bits per heavy atom. The summed E-state index contributed by atoms with van der Waals surface area (Å²) < 4.78 is 31.9. The zero-order chi connectivity index (χ0) is 22.2. The minimum absolute atomic E-state index is 0.0370. The topological polar surface area (TPSA) is 88.1 Å². The molecule has 0 saturated heterocycles. The van der Waals surface area contributed by atoms with Gasteiger partial charge in [0.1, 0.15) is 11.8 Å². The predicted octanol–water partition coefficient (Wildman–Crippen LogP) is 3.66. The molecule has 31 heavy (non-hydrogen) atoms. The molecule has 0 saturated carbocycles. The molecule has 0 fully saturated rings. The second kappa shape index (κ2) is 11.1. The molecular weight excluding hydrogens is 414 g/mol. The van der Waals surface area contributed by atoms with E-state index in [1.54, 1.807) is 24.3 Å². The Morgan fingerprint density at radius 3 is 2.61 bits per heavy atom. The highest BCUT2D eigenvalue weighted by molar-refractivity contribution is 7.61. The Kier molecular flexibility index (Phi) is 8.20. The molecule has 2 aromatic rings. The third-order valence-electron chi connectivity index (χ3n) is 5.53. The van der Waals surface area contributed by atoms with Crippen molar-refractivity contribution < 1.29 is 17.9 Å². The normalized spacial score (nSPS) is 16.2. The maximum absolute atomic E-state index is 12.8. The fourth-order valence-electron chi connectivity index (χ4n) is 3.81. The lowest BCUT2D eigenvalue weighted by atomic mass is 9.97. The molecule has 0 aromatic heterocycles. The summed E-state index contributed by atoms with van der Waals surface area (Å²) >= 11 is 0. The lowest BCUT2D eigenvalue weighted by Gasteiger charge is -2.28. The first-order chi connectivity index (χ1) is 15.0. The summed E-state index contributed by atoms with van der Waals surface area (Å²) in [4.78, 5) is 15.1. The highest BCUT2D eigenvalue weighted by Crippen LogP contribution is 2.33. The number of ether oxygens (including phenoxy) is 1. The number of amides is 1. The number of carbonyl (C=O) groups excluding carboxylic acids is 1. The predicted molar refractivity (Wildman–Crippen MR) is 119 cm³/mol. The van der Waals surface area contributed by atoms with Crippen molar-refractivity contribution in [3.63, 3.8) is 0 Å². The summed E-state index contributed by atoms with van der Waals surface area (Å²) in [6, 6.07) is 14.2. The smallest absolute Gasteiger partial charge is 0.311 e. The minimum Gasteiger partial charge on any atom is -0.493 e. The van der Waals surface area contributed by atoms with Gasteiger partial charge in [-0.1, -0.05) is 56.3 Å². The van der Waals surface area contributed by atoms with E-state index in [-0.39, 0.29) is 18.4 Å². The Balaban J connectivity index is 1.71. The van der Waals surface area contributed by atoms with Crippen LogP contribution in [0.5, 0.6) is 5.75 Å². The molecule has 0 radical (unpaired) electrons. The van der Waals surface area contributed by atoms with E-state index < -0.39 is 16.5 Å². The van der Waals surface area contributed by atoms with Crippen LogP contribution in [0.3, 0.4) is 0 Å². The van der Waals surface area contributed by atoms with Crippen molar-refractivity contribution in [2.45, 2.75) is 45.3 Å². The molecule has 3 rings (SSSR count). The van der Waals surface area contributed by atoms with Crippen LogP contribution in [0, 0.1) is 0 Å². The van der Waals surface area contributed by atoms with Crippen molar-refractivity contribution in [2.75, 3.05) is 19.7 Å². The van der Waals surface area contributed by atoms with Crippen LogP contribution in [-0.2, 0) is 21.8 Å². The summed E-state index contributed by atoms with van der Waals surface area (Å²) in [5.41, 5.74) is 2.81. The lowest BCUT2D eigenvalue weighted by molar-refractivity contribution is -0.122. The second-order valence-electron chi connectivity index (χ2n) is 7.54. The Bertz CT molecular complexity index is 1010. The van der Waals surface area contributed by atoms with Crippen molar-refractivity contribution in [2.24, 2.45) is 4.36 Å². The maximum atomic E-state index is 12.8. The van der Waals surface area contributed by atoms with Crippen LogP contribution in [0.2, 0.25) is 0 Å². The van der Waals surface area contributed by atoms with Gasteiger partial charge in [0.25, 0.3) is 0 Å². The highest BCUT2D eigenvalue weighted by atomic mass is 32.2. The average Bonchev–Trinajstić information content (AvgIpc) is 2.77. The third kappa shape index (κ3) is 6.38. The number of hydrogen-bond donors (Lipinski definition) is 1. The molecule has 166 valence electrons. The van der Waals surface area contributed by atoms with Gasteiger partial charge in [-0.15, -0.1) is 0 Å². The zero-order valence-electron chi connectivity index (χ0n) is 18.0. The number of nitrogens with zero attached hydrogens (tertiary/aromatic N) is 2. The molecule has 0 spiro atoms. The van der Waals surface area contributed by atoms with Gasteiger partial charge >= 0.3 is 10.5 Å². The van der Waals surface area contributed by atoms with Gasteiger partial charge in [-0.2, -0.15) is 12.8 Å². The zero-order valence-corrected chi connectivity index (χ0v) is 18.8. The first-order valence-electron chi connectivity index (χ1n) is 10.6. The number of carbonyl (C=O) groups is 1. The van der Waals surface area contributed by atoms with Crippen LogP contribution in [0.15, 0.2) is 52.9 Å². The van der Waals surface area contributed by atoms with E-state index in [2.05, 4.69) is 40.6 Å². The number of hydrogen-bond acceptors (Lipinski definition) is 6. The van der Waals surface area contributed by atoms with Crippen LogP contribution in [-0.4, -0.2) is 38.9 Å². The molecule has 0 aliphatic carbocycles. The standard InChI is InChI=1S/C23H29N3O4S/c1-3-26(4-2)16-17-10-11-19-20(12-13-30-22(19)14-17)24-23(27)15-21(25-31(28)29)18-8-6-5-7-9-18/h5-11,14,20-21H,3-4,12-13,15-16H2,1-2H3,(H,24,27). The molecule has 2 aromatic carbocycles. The van der Waals surface area contributed by atoms with Crippen LogP contribution in [0.4, 0.5) is 0 Å². The van der Waals surface area contributed by atoms with Crippen molar-refractivity contribution in [3.05, 3.63) is 65.2 Å². The Hall–Kier alpha value is -2.71. The van der Waals surface area contributed by atoms with Crippen molar-refractivity contribution in [1.29, 1.82) is 0 Å². The average molecular weight is 444 g/mol. The van der Waals surface area contributed by atoms with Gasteiger partial charge in [0.05, 0.1) is 19.1 Å². The van der Waals surface area contributed by atoms with Crippen molar-refractivity contribution >= 4 is 16.4 Å². The summed E-state index contributed by atoms with van der Waals surface area (Å²) in [6.45, 7) is 7.61. The van der Waals surface area contributed by atoms with Gasteiger partial charge in [0, 0.05) is 18.5 Å². The van der Waals surface area contributed by atoms with Crippen LogP contribution in [0.1, 0.15) is 55.5 Å². The van der Waals surface area contributed by atoms with Crippen LogP contribution < -0.4 is 10.1 Å². The van der Waals surface area contributed by atoms with E-state index in [0.717, 1.165) is 30.9 Å². The van der Waals surface area contributed by atoms with Gasteiger partial charge in [-0.25, -0.2) is 0 Å². The molecule has 1 aliphatic heterocycles.